The number of ether oxygens (including phenoxy) is 1. The van der Waals surface area contributed by atoms with E-state index in [9.17, 15) is 4.79 Å². The van der Waals surface area contributed by atoms with Crippen molar-refractivity contribution in [1.82, 2.24) is 20.1 Å². The Balaban J connectivity index is 1.58. The van der Waals surface area contributed by atoms with Crippen LogP contribution in [0.5, 0.6) is 0 Å². The third kappa shape index (κ3) is 3.15. The minimum atomic E-state index is 0.135. The number of amides is 1. The maximum Gasteiger partial charge on any atom is 0.223 e. The van der Waals surface area contributed by atoms with Gasteiger partial charge in [-0.1, -0.05) is 12.2 Å². The van der Waals surface area contributed by atoms with Crippen molar-refractivity contribution >= 4 is 5.91 Å². The molecule has 1 aromatic rings. The van der Waals surface area contributed by atoms with Gasteiger partial charge >= 0.3 is 0 Å². The van der Waals surface area contributed by atoms with Gasteiger partial charge in [-0.05, 0) is 25.7 Å². The van der Waals surface area contributed by atoms with E-state index in [4.69, 9.17) is 4.74 Å². The molecule has 1 N–H and O–H groups in total. The van der Waals surface area contributed by atoms with E-state index in [1.54, 1.807) is 7.11 Å². The molecule has 21 heavy (non-hydrogen) atoms. The molecule has 2 heterocycles. The van der Waals surface area contributed by atoms with E-state index >= 15 is 0 Å². The van der Waals surface area contributed by atoms with Crippen LogP contribution in [0.3, 0.4) is 0 Å². The predicted octanol–water partition coefficient (Wildman–Crippen LogP) is 1.21. The summed E-state index contributed by atoms with van der Waals surface area (Å²) in [5.74, 6) is 2.21. The summed E-state index contributed by atoms with van der Waals surface area (Å²) in [7, 11) is 1.66. The fourth-order valence-corrected chi connectivity index (χ4v) is 3.08. The van der Waals surface area contributed by atoms with Gasteiger partial charge in [-0.15, -0.1) is 10.2 Å². The molecule has 0 radical (unpaired) electrons. The summed E-state index contributed by atoms with van der Waals surface area (Å²) in [6.07, 6.45) is 8.64. The number of nitrogens with one attached hydrogen (secondary N) is 1. The van der Waals surface area contributed by atoms with Crippen LogP contribution < -0.4 is 5.32 Å². The zero-order valence-electron chi connectivity index (χ0n) is 12.4. The SMILES string of the molecule is COCc1nnc2n1CCC(NC(=O)C1CC=CC1)CC2. The van der Waals surface area contributed by atoms with Gasteiger partial charge in [-0.2, -0.15) is 0 Å². The van der Waals surface area contributed by atoms with Crippen molar-refractivity contribution in [3.8, 4) is 0 Å². The van der Waals surface area contributed by atoms with E-state index in [1.807, 2.05) is 0 Å². The van der Waals surface area contributed by atoms with E-state index in [0.717, 1.165) is 50.3 Å². The lowest BCUT2D eigenvalue weighted by Crippen LogP contribution is -2.38. The van der Waals surface area contributed by atoms with Crippen molar-refractivity contribution in [1.29, 1.82) is 0 Å². The van der Waals surface area contributed by atoms with Gasteiger partial charge < -0.3 is 14.6 Å². The van der Waals surface area contributed by atoms with Crippen LogP contribution in [0.2, 0.25) is 0 Å². The van der Waals surface area contributed by atoms with Gasteiger partial charge in [0.25, 0.3) is 0 Å². The molecule has 1 unspecified atom stereocenters. The van der Waals surface area contributed by atoms with Crippen molar-refractivity contribution < 1.29 is 9.53 Å². The summed E-state index contributed by atoms with van der Waals surface area (Å²) in [5.41, 5.74) is 0. The largest absolute Gasteiger partial charge is 0.377 e. The molecular weight excluding hydrogens is 268 g/mol. The van der Waals surface area contributed by atoms with Crippen LogP contribution in [0.4, 0.5) is 0 Å². The zero-order chi connectivity index (χ0) is 14.7. The highest BCUT2D eigenvalue weighted by Crippen LogP contribution is 2.20. The first-order valence-corrected chi connectivity index (χ1v) is 7.63. The Kier molecular flexibility index (Phi) is 4.34. The number of hydrogen-bond acceptors (Lipinski definition) is 4. The first-order valence-electron chi connectivity index (χ1n) is 7.63. The molecule has 114 valence electrons. The summed E-state index contributed by atoms with van der Waals surface area (Å²) in [4.78, 5) is 12.2. The van der Waals surface area contributed by atoms with Gasteiger partial charge in [0.1, 0.15) is 12.4 Å². The van der Waals surface area contributed by atoms with Gasteiger partial charge in [-0.25, -0.2) is 0 Å². The molecule has 1 aromatic heterocycles. The van der Waals surface area contributed by atoms with Crippen molar-refractivity contribution in [2.45, 2.75) is 51.3 Å². The smallest absolute Gasteiger partial charge is 0.223 e. The Morgan fingerprint density at radius 1 is 1.38 bits per heavy atom. The molecule has 0 spiro atoms. The molecule has 0 fully saturated rings. The Morgan fingerprint density at radius 2 is 2.19 bits per heavy atom. The molecular formula is C15H22N4O2. The summed E-state index contributed by atoms with van der Waals surface area (Å²) in [5, 5.41) is 11.6. The molecule has 0 aromatic carbocycles. The maximum absolute atomic E-state index is 12.2. The van der Waals surface area contributed by atoms with Crippen LogP contribution in [-0.2, 0) is 29.1 Å². The molecule has 0 saturated heterocycles. The molecule has 6 nitrogen and oxygen atoms in total. The highest BCUT2D eigenvalue weighted by Gasteiger charge is 2.25. The van der Waals surface area contributed by atoms with Gasteiger partial charge in [0.2, 0.25) is 5.91 Å². The van der Waals surface area contributed by atoms with Crippen LogP contribution in [0.25, 0.3) is 0 Å². The molecule has 1 aliphatic carbocycles. The number of aryl methyl sites for hydroxylation is 1. The number of carbonyl (C=O) groups is 1. The highest BCUT2D eigenvalue weighted by atomic mass is 16.5. The van der Waals surface area contributed by atoms with E-state index in [-0.39, 0.29) is 17.9 Å². The standard InChI is InChI=1S/C15H22N4O2/c1-21-10-14-18-17-13-7-6-12(8-9-19(13)14)16-15(20)11-4-2-3-5-11/h2-3,11-12H,4-10H2,1H3,(H,16,20). The number of allylic oxidation sites excluding steroid dienone is 2. The van der Waals surface area contributed by atoms with Crippen LogP contribution in [0.1, 0.15) is 37.3 Å². The fourth-order valence-electron chi connectivity index (χ4n) is 3.08. The second kappa shape index (κ2) is 6.39. The molecule has 0 bridgehead atoms. The molecule has 1 amide bonds. The van der Waals surface area contributed by atoms with Gasteiger partial charge in [0.15, 0.2) is 5.82 Å². The monoisotopic (exact) mass is 290 g/mol. The molecule has 3 rings (SSSR count). The second-order valence-electron chi connectivity index (χ2n) is 5.79. The maximum atomic E-state index is 12.2. The van der Waals surface area contributed by atoms with Crippen molar-refractivity contribution in [3.05, 3.63) is 23.8 Å². The van der Waals surface area contributed by atoms with E-state index in [2.05, 4.69) is 32.2 Å². The first kappa shape index (κ1) is 14.3. The zero-order valence-corrected chi connectivity index (χ0v) is 12.4. The fraction of sp³-hybridized carbons (Fsp3) is 0.667. The van der Waals surface area contributed by atoms with Crippen molar-refractivity contribution in [2.24, 2.45) is 5.92 Å². The first-order chi connectivity index (χ1) is 10.3. The Bertz CT molecular complexity index is 530. The molecule has 1 atom stereocenters. The lowest BCUT2D eigenvalue weighted by atomic mass is 10.0. The van der Waals surface area contributed by atoms with Gasteiger partial charge in [0.05, 0.1) is 0 Å². The number of aromatic nitrogens is 3. The Hall–Kier alpha value is -1.69. The number of nitrogens with zero attached hydrogens (tertiary/aromatic N) is 3. The molecule has 2 aliphatic rings. The summed E-state index contributed by atoms with van der Waals surface area (Å²) >= 11 is 0. The predicted molar refractivity (Wildman–Crippen MR) is 77.5 cm³/mol. The third-order valence-electron chi connectivity index (χ3n) is 4.32. The topological polar surface area (TPSA) is 69.0 Å². The number of rotatable bonds is 4. The highest BCUT2D eigenvalue weighted by molar-refractivity contribution is 5.79. The quantitative estimate of drug-likeness (QED) is 0.846. The number of methoxy groups -OCH3 is 1. The van der Waals surface area contributed by atoms with E-state index < -0.39 is 0 Å². The van der Waals surface area contributed by atoms with Crippen LogP contribution >= 0.6 is 0 Å². The van der Waals surface area contributed by atoms with Crippen molar-refractivity contribution in [3.63, 3.8) is 0 Å². The molecule has 6 heteroatoms. The summed E-state index contributed by atoms with van der Waals surface area (Å²) in [6.45, 7) is 1.33. The average molecular weight is 290 g/mol. The summed E-state index contributed by atoms with van der Waals surface area (Å²) in [6, 6.07) is 0.232. The van der Waals surface area contributed by atoms with Crippen LogP contribution in [0, 0.1) is 5.92 Å². The van der Waals surface area contributed by atoms with E-state index in [0.29, 0.717) is 6.61 Å². The normalized spacial score (nSPS) is 22.0. The van der Waals surface area contributed by atoms with Gasteiger partial charge in [-0.3, -0.25) is 4.79 Å². The lowest BCUT2D eigenvalue weighted by Gasteiger charge is -2.19. The van der Waals surface area contributed by atoms with Gasteiger partial charge in [0, 0.05) is 32.0 Å². The number of hydrogen-bond donors (Lipinski definition) is 1. The number of fused-ring (bicyclic) bond motifs is 1. The third-order valence-corrected chi connectivity index (χ3v) is 4.32. The van der Waals surface area contributed by atoms with Crippen molar-refractivity contribution in [2.75, 3.05) is 7.11 Å². The average Bonchev–Trinajstić information content (AvgIpc) is 3.09. The minimum absolute atomic E-state index is 0.135. The molecule has 0 saturated carbocycles. The number of carbonyl (C=O) groups excluding carboxylic acids is 1. The second-order valence-corrected chi connectivity index (χ2v) is 5.79. The molecule has 1 aliphatic heterocycles. The lowest BCUT2D eigenvalue weighted by molar-refractivity contribution is -0.125. The van der Waals surface area contributed by atoms with Crippen LogP contribution in [-0.4, -0.2) is 33.8 Å². The summed E-state index contributed by atoms with van der Waals surface area (Å²) < 4.78 is 7.28. The van der Waals surface area contributed by atoms with Crippen LogP contribution in [0.15, 0.2) is 12.2 Å². The Morgan fingerprint density at radius 3 is 2.95 bits per heavy atom. The van der Waals surface area contributed by atoms with E-state index in [1.165, 1.54) is 0 Å². The Labute approximate surface area is 124 Å². The minimum Gasteiger partial charge on any atom is -0.377 e.